The molecule has 4 fully saturated rings. The molecule has 0 radical (unpaired) electrons. The molecule has 0 bridgehead atoms. The smallest absolute Gasteiger partial charge is 0.335 e. The molecule has 52 heavy (non-hydrogen) atoms. The second-order valence-electron chi connectivity index (χ2n) is 18.9. The first-order valence-corrected chi connectivity index (χ1v) is 22.5. The van der Waals surface area contributed by atoms with Gasteiger partial charge in [0.1, 0.15) is 0 Å². The van der Waals surface area contributed by atoms with Crippen LogP contribution in [0.4, 0.5) is 11.4 Å². The largest absolute Gasteiger partial charge is 0.464 e. The number of unbranched alkanes of at least 4 members (excludes halogenated alkanes) is 13. The molecule has 5 rings (SSSR count). The van der Waals surface area contributed by atoms with Crippen LogP contribution in [0.15, 0.2) is 18.2 Å². The van der Waals surface area contributed by atoms with E-state index in [-0.39, 0.29) is 5.97 Å². The van der Waals surface area contributed by atoms with Crippen LogP contribution in [-0.4, -0.2) is 25.8 Å². The maximum absolute atomic E-state index is 13.2. The Kier molecular flexibility index (Phi) is 15.7. The monoisotopic (exact) mass is 721 g/mol. The maximum atomic E-state index is 13.2. The lowest BCUT2D eigenvalue weighted by Crippen LogP contribution is -2.53. The summed E-state index contributed by atoms with van der Waals surface area (Å²) in [5.41, 5.74) is 16.3. The molecule has 0 aromatic heterocycles. The number of hydrogen-bond acceptors (Lipinski definition) is 5. The van der Waals surface area contributed by atoms with Gasteiger partial charge in [0.15, 0.2) is 6.10 Å². The van der Waals surface area contributed by atoms with Gasteiger partial charge in [-0.15, -0.1) is 0 Å². The number of esters is 1. The normalized spacial score (nSPS) is 32.4. The molecule has 0 saturated heterocycles. The van der Waals surface area contributed by atoms with Crippen LogP contribution in [0.25, 0.3) is 0 Å². The van der Waals surface area contributed by atoms with Crippen molar-refractivity contribution in [1.29, 1.82) is 0 Å². The maximum Gasteiger partial charge on any atom is 0.335 e. The lowest BCUT2D eigenvalue weighted by atomic mass is 9.43. The number of rotatable bonds is 21. The lowest BCUT2D eigenvalue weighted by molar-refractivity contribution is -0.157. The Morgan fingerprint density at radius 2 is 1.40 bits per heavy atom. The van der Waals surface area contributed by atoms with E-state index >= 15 is 0 Å². The van der Waals surface area contributed by atoms with Gasteiger partial charge < -0.3 is 20.9 Å². The predicted molar refractivity (Wildman–Crippen MR) is 219 cm³/mol. The molecule has 1 aromatic rings. The number of carbonyl (C=O) groups is 1. The topological polar surface area (TPSA) is 87.6 Å². The average molecular weight is 721 g/mol. The third-order valence-corrected chi connectivity index (χ3v) is 15.9. The van der Waals surface area contributed by atoms with Crippen molar-refractivity contribution in [1.82, 2.24) is 0 Å². The van der Waals surface area contributed by atoms with Crippen molar-refractivity contribution in [3.63, 3.8) is 0 Å². The second kappa shape index (κ2) is 19.7. The van der Waals surface area contributed by atoms with Crippen LogP contribution in [0.1, 0.15) is 193 Å². The third-order valence-electron chi connectivity index (χ3n) is 15.9. The van der Waals surface area contributed by atoms with Crippen molar-refractivity contribution < 1.29 is 14.3 Å². The number of nitrogens with two attached hydrogens (primary N) is 2. The molecule has 0 spiro atoms. The highest BCUT2D eigenvalue weighted by atomic mass is 16.6. The first-order valence-electron chi connectivity index (χ1n) is 22.5. The van der Waals surface area contributed by atoms with Crippen LogP contribution in [-0.2, 0) is 14.3 Å². The number of methoxy groups -OCH3 is 1. The van der Waals surface area contributed by atoms with Crippen molar-refractivity contribution in [3.05, 3.63) is 23.8 Å². The summed E-state index contributed by atoms with van der Waals surface area (Å²) in [5, 5.41) is 0. The Morgan fingerprint density at radius 3 is 2.04 bits per heavy atom. The Morgan fingerprint density at radius 1 is 0.788 bits per heavy atom. The Balaban J connectivity index is 1.01. The van der Waals surface area contributed by atoms with Gasteiger partial charge in [0, 0.05) is 18.5 Å². The van der Waals surface area contributed by atoms with Gasteiger partial charge in [-0.25, -0.2) is 4.79 Å². The van der Waals surface area contributed by atoms with Gasteiger partial charge in [-0.1, -0.05) is 117 Å². The first-order chi connectivity index (χ1) is 25.1. The van der Waals surface area contributed by atoms with Gasteiger partial charge in [0.25, 0.3) is 0 Å². The zero-order chi connectivity index (χ0) is 37.1. The second-order valence-corrected chi connectivity index (χ2v) is 18.9. The molecule has 4 aliphatic rings. The molecular formula is C47H80N2O3. The fraction of sp³-hybridized carbons (Fsp3) is 0.851. The van der Waals surface area contributed by atoms with Gasteiger partial charge >= 0.3 is 5.97 Å². The molecule has 4 saturated carbocycles. The van der Waals surface area contributed by atoms with E-state index in [9.17, 15) is 4.79 Å². The van der Waals surface area contributed by atoms with Crippen LogP contribution in [0, 0.1) is 46.3 Å². The molecule has 10 atom stereocenters. The highest BCUT2D eigenvalue weighted by Gasteiger charge is 2.60. The Bertz CT molecular complexity index is 1230. The van der Waals surface area contributed by atoms with Crippen LogP contribution < -0.4 is 11.5 Å². The molecule has 296 valence electrons. The van der Waals surface area contributed by atoms with Crippen LogP contribution in [0.2, 0.25) is 0 Å². The fourth-order valence-corrected chi connectivity index (χ4v) is 12.8. The van der Waals surface area contributed by atoms with Gasteiger partial charge in [0.05, 0.1) is 6.61 Å². The summed E-state index contributed by atoms with van der Waals surface area (Å²) >= 11 is 0. The van der Waals surface area contributed by atoms with Crippen molar-refractivity contribution in [2.24, 2.45) is 46.3 Å². The minimum absolute atomic E-state index is 0.143. The predicted octanol–water partition coefficient (Wildman–Crippen LogP) is 12.7. The molecule has 0 amide bonds. The van der Waals surface area contributed by atoms with Crippen molar-refractivity contribution >= 4 is 17.3 Å². The van der Waals surface area contributed by atoms with Crippen LogP contribution >= 0.6 is 0 Å². The minimum atomic E-state index is -0.444. The molecule has 4 N–H and O–H groups in total. The Labute approximate surface area is 319 Å². The minimum Gasteiger partial charge on any atom is -0.464 e. The van der Waals surface area contributed by atoms with E-state index < -0.39 is 6.10 Å². The zero-order valence-corrected chi connectivity index (χ0v) is 34.4. The number of nitrogen functional groups attached to an aromatic ring is 2. The molecule has 0 heterocycles. The number of ether oxygens (including phenoxy) is 2. The Hall–Kier alpha value is -1.75. The summed E-state index contributed by atoms with van der Waals surface area (Å²) in [7, 11) is 1.70. The molecule has 1 aromatic carbocycles. The van der Waals surface area contributed by atoms with Gasteiger partial charge in [-0.2, -0.15) is 0 Å². The third kappa shape index (κ3) is 9.91. The van der Waals surface area contributed by atoms with E-state index in [1.54, 1.807) is 7.11 Å². The van der Waals surface area contributed by atoms with Gasteiger partial charge in [0.2, 0.25) is 0 Å². The molecule has 5 heteroatoms. The SMILES string of the molecule is CCCCCCCCCCCCCCCCOC(=O)C(CC(C)[C@H]1CC[C@H]2[C@@H]3CCC4CC(c5ccc(N)cc5N)CC[C@]4(C)[C@H]3CC[C@]12C)OC. The number of anilines is 2. The summed E-state index contributed by atoms with van der Waals surface area (Å²) in [6, 6.07) is 6.19. The van der Waals surface area contributed by atoms with E-state index in [4.69, 9.17) is 20.9 Å². The molecule has 4 unspecified atom stereocenters. The summed E-state index contributed by atoms with van der Waals surface area (Å²) in [5.74, 6) is 4.85. The van der Waals surface area contributed by atoms with E-state index in [0.29, 0.717) is 35.2 Å². The summed E-state index contributed by atoms with van der Waals surface area (Å²) in [6.45, 7) is 10.5. The van der Waals surface area contributed by atoms with E-state index in [1.807, 2.05) is 12.1 Å². The molecule has 0 aliphatic heterocycles. The van der Waals surface area contributed by atoms with E-state index in [0.717, 1.165) is 54.3 Å². The standard InChI is InChI=1S/C47H80N2O3/c1-6-7-8-9-10-11-12-13-14-15-16-17-18-19-30-52-45(50)44(51-5)31-34(2)40-24-25-41-39-22-20-36-32-35(38-23-21-37(48)33-43(38)49)26-28-46(36,3)42(39)27-29-47(40,41)4/h21,23,33-36,39-42,44H,6-20,22,24-32,48-49H2,1-5H3/t34?,35?,36?,39-,40+,41-,42-,44?,46-,47+/m0/s1. The average Bonchev–Trinajstić information content (AvgIpc) is 3.49. The summed E-state index contributed by atoms with van der Waals surface area (Å²) < 4.78 is 11.6. The van der Waals surface area contributed by atoms with Crippen molar-refractivity contribution in [2.45, 2.75) is 194 Å². The number of fused-ring (bicyclic) bond motifs is 5. The molecule has 4 aliphatic carbocycles. The summed E-state index contributed by atoms with van der Waals surface area (Å²) in [4.78, 5) is 13.2. The molecule has 5 nitrogen and oxygen atoms in total. The van der Waals surface area contributed by atoms with Gasteiger partial charge in [-0.3, -0.25) is 0 Å². The van der Waals surface area contributed by atoms with Gasteiger partial charge in [-0.05, 0) is 141 Å². The highest BCUT2D eigenvalue weighted by molar-refractivity contribution is 5.74. The van der Waals surface area contributed by atoms with E-state index in [2.05, 4.69) is 33.8 Å². The zero-order valence-electron chi connectivity index (χ0n) is 34.4. The quantitative estimate of drug-likeness (QED) is 0.0750. The van der Waals surface area contributed by atoms with Crippen molar-refractivity contribution in [2.75, 3.05) is 25.2 Å². The van der Waals surface area contributed by atoms with Crippen molar-refractivity contribution in [3.8, 4) is 0 Å². The number of hydrogen-bond donors (Lipinski definition) is 2. The molecular weight excluding hydrogens is 641 g/mol. The first kappa shape index (κ1) is 41.4. The number of benzene rings is 1. The summed E-state index contributed by atoms with van der Waals surface area (Å²) in [6.07, 6.45) is 31.0. The van der Waals surface area contributed by atoms with Crippen LogP contribution in [0.5, 0.6) is 0 Å². The lowest BCUT2D eigenvalue weighted by Gasteiger charge is -2.61. The number of carbonyl (C=O) groups excluding carboxylic acids is 1. The highest BCUT2D eigenvalue weighted by Crippen LogP contribution is 2.69. The fourth-order valence-electron chi connectivity index (χ4n) is 12.8. The van der Waals surface area contributed by atoms with Crippen LogP contribution in [0.3, 0.4) is 0 Å². The van der Waals surface area contributed by atoms with E-state index in [1.165, 1.54) is 140 Å².